The monoisotopic (exact) mass is 499 g/mol. The van der Waals surface area contributed by atoms with E-state index in [4.69, 9.17) is 0 Å². The number of anilines is 2. The molecule has 9 nitrogen and oxygen atoms in total. The Kier molecular flexibility index (Phi) is 6.37. The molecule has 184 valence electrons. The quantitative estimate of drug-likeness (QED) is 0.494. The Morgan fingerprint density at radius 2 is 1.86 bits per heavy atom. The minimum absolute atomic E-state index is 0.0845. The van der Waals surface area contributed by atoms with Crippen LogP contribution in [0, 0.1) is 5.82 Å². The summed E-state index contributed by atoms with van der Waals surface area (Å²) < 4.78 is 41.1. The number of halogens is 1. The van der Waals surface area contributed by atoms with Crippen molar-refractivity contribution >= 4 is 33.5 Å². The van der Waals surface area contributed by atoms with E-state index in [2.05, 4.69) is 15.7 Å². The van der Waals surface area contributed by atoms with Crippen molar-refractivity contribution in [1.29, 1.82) is 0 Å². The largest absolute Gasteiger partial charge is 0.324 e. The summed E-state index contributed by atoms with van der Waals surface area (Å²) in [5.74, 6) is -0.516. The van der Waals surface area contributed by atoms with Crippen molar-refractivity contribution in [1.82, 2.24) is 14.5 Å². The Labute approximate surface area is 202 Å². The smallest absolute Gasteiger partial charge is 0.308 e. The van der Waals surface area contributed by atoms with Crippen LogP contribution in [0.4, 0.5) is 20.7 Å². The molecule has 2 aromatic carbocycles. The summed E-state index contributed by atoms with van der Waals surface area (Å²) in [6.07, 6.45) is 0.0784. The molecule has 1 aliphatic heterocycles. The van der Waals surface area contributed by atoms with Crippen LogP contribution in [-0.2, 0) is 26.7 Å². The van der Waals surface area contributed by atoms with Crippen LogP contribution in [0.5, 0.6) is 0 Å². The number of sulfonamides is 1. The van der Waals surface area contributed by atoms with E-state index >= 15 is 0 Å². The van der Waals surface area contributed by atoms with Crippen LogP contribution in [0.2, 0.25) is 0 Å². The summed E-state index contributed by atoms with van der Waals surface area (Å²) in [4.78, 5) is 24.2. The van der Waals surface area contributed by atoms with Crippen LogP contribution < -0.4 is 15.4 Å². The second kappa shape index (κ2) is 9.14. The number of hydrogen-bond acceptors (Lipinski definition) is 5. The molecule has 3 amide bonds. The number of carbonyl (C=O) groups is 2. The van der Waals surface area contributed by atoms with Gasteiger partial charge in [0.2, 0.25) is 15.9 Å². The summed E-state index contributed by atoms with van der Waals surface area (Å²) in [6, 6.07) is 13.7. The minimum Gasteiger partial charge on any atom is -0.308 e. The molecular formula is C24H26FN5O4S. The second-order valence-corrected chi connectivity index (χ2v) is 11.4. The van der Waals surface area contributed by atoms with E-state index in [-0.39, 0.29) is 18.3 Å². The molecule has 0 saturated carbocycles. The lowest BCUT2D eigenvalue weighted by atomic mass is 9.92. The lowest BCUT2D eigenvalue weighted by Crippen LogP contribution is -2.26. The van der Waals surface area contributed by atoms with Gasteiger partial charge in [0.1, 0.15) is 11.6 Å². The molecule has 0 bridgehead atoms. The third-order valence-electron chi connectivity index (χ3n) is 5.55. The highest BCUT2D eigenvalue weighted by molar-refractivity contribution is 7.91. The van der Waals surface area contributed by atoms with Gasteiger partial charge in [0.25, 0.3) is 0 Å². The summed E-state index contributed by atoms with van der Waals surface area (Å²) in [5.41, 5.74) is 2.17. The predicted molar refractivity (Wildman–Crippen MR) is 130 cm³/mol. The highest BCUT2D eigenvalue weighted by Crippen LogP contribution is 2.27. The van der Waals surface area contributed by atoms with Crippen LogP contribution in [0.15, 0.2) is 54.6 Å². The van der Waals surface area contributed by atoms with Crippen molar-refractivity contribution in [3.8, 4) is 5.69 Å². The molecule has 1 unspecified atom stereocenters. The molecule has 0 spiro atoms. The number of aromatic nitrogens is 2. The van der Waals surface area contributed by atoms with Gasteiger partial charge in [-0.05, 0) is 48.4 Å². The molecular weight excluding hydrogens is 473 g/mol. The zero-order valence-electron chi connectivity index (χ0n) is 19.5. The van der Waals surface area contributed by atoms with E-state index in [0.717, 1.165) is 5.69 Å². The van der Waals surface area contributed by atoms with Gasteiger partial charge < -0.3 is 5.32 Å². The van der Waals surface area contributed by atoms with Crippen molar-refractivity contribution in [3.05, 3.63) is 71.7 Å². The van der Waals surface area contributed by atoms with Gasteiger partial charge in [-0.25, -0.2) is 22.3 Å². The molecule has 0 aliphatic carbocycles. The molecule has 35 heavy (non-hydrogen) atoms. The highest BCUT2D eigenvalue weighted by Gasteiger charge is 2.36. The number of carbonyl (C=O) groups excluding carboxylic acids is 2. The number of rotatable bonds is 5. The maximum Gasteiger partial charge on any atom is 0.324 e. The lowest BCUT2D eigenvalue weighted by Gasteiger charge is -2.14. The van der Waals surface area contributed by atoms with Crippen molar-refractivity contribution in [2.75, 3.05) is 10.6 Å². The lowest BCUT2D eigenvalue weighted by molar-refractivity contribution is -0.118. The fraction of sp³-hybridized carbons (Fsp3) is 0.292. The molecule has 1 atom stereocenters. The SMILES string of the molecule is CC(C)(C)c1cc(NC(=O)Nc2ccc(F)cc2)n(-c2cccc(CC3CC(=O)NS3(=O)=O)c2)n1. The Hall–Kier alpha value is -3.73. The number of benzene rings is 2. The summed E-state index contributed by atoms with van der Waals surface area (Å²) in [5, 5.41) is 9.27. The van der Waals surface area contributed by atoms with Gasteiger partial charge in [-0.1, -0.05) is 32.9 Å². The molecule has 0 radical (unpaired) electrons. The number of nitrogens with zero attached hydrogens (tertiary/aromatic N) is 2. The van der Waals surface area contributed by atoms with Crippen molar-refractivity contribution in [2.24, 2.45) is 0 Å². The van der Waals surface area contributed by atoms with E-state index < -0.39 is 33.0 Å². The molecule has 1 aliphatic rings. The molecule has 3 aromatic rings. The van der Waals surface area contributed by atoms with E-state index in [1.54, 1.807) is 35.0 Å². The first-order valence-electron chi connectivity index (χ1n) is 11.0. The number of amides is 3. The first-order chi connectivity index (χ1) is 16.4. The first-order valence-corrected chi connectivity index (χ1v) is 12.5. The third-order valence-corrected chi connectivity index (χ3v) is 7.27. The fourth-order valence-electron chi connectivity index (χ4n) is 3.71. The normalized spacial score (nSPS) is 17.1. The van der Waals surface area contributed by atoms with Gasteiger partial charge >= 0.3 is 6.03 Å². The van der Waals surface area contributed by atoms with E-state index in [1.165, 1.54) is 24.3 Å². The second-order valence-electron chi connectivity index (χ2n) is 9.43. The average Bonchev–Trinajstić information content (AvgIpc) is 3.29. The third kappa shape index (κ3) is 5.68. The molecule has 1 aromatic heterocycles. The molecule has 1 fully saturated rings. The van der Waals surface area contributed by atoms with Gasteiger partial charge in [-0.15, -0.1) is 0 Å². The van der Waals surface area contributed by atoms with Crippen LogP contribution in [-0.4, -0.2) is 35.4 Å². The Balaban J connectivity index is 1.62. The Morgan fingerprint density at radius 1 is 1.14 bits per heavy atom. The Bertz CT molecular complexity index is 1380. The standard InChI is InChI=1S/C24H26FN5O4S/c1-24(2,3)20-14-21(27-23(32)26-17-9-7-16(25)8-10-17)30(28-20)18-6-4-5-15(11-18)12-19-13-22(31)29-35(19,33)34/h4-11,14,19H,12-13H2,1-3H3,(H,29,31)(H2,26,27,32). The van der Waals surface area contributed by atoms with Crippen LogP contribution in [0.3, 0.4) is 0 Å². The molecule has 3 N–H and O–H groups in total. The number of nitrogens with one attached hydrogen (secondary N) is 3. The molecule has 1 saturated heterocycles. The van der Waals surface area contributed by atoms with Gasteiger partial charge in [0.05, 0.1) is 16.6 Å². The van der Waals surface area contributed by atoms with E-state index in [0.29, 0.717) is 22.8 Å². The van der Waals surface area contributed by atoms with E-state index in [9.17, 15) is 22.4 Å². The van der Waals surface area contributed by atoms with Gasteiger partial charge in [-0.3, -0.25) is 14.8 Å². The van der Waals surface area contributed by atoms with Crippen molar-refractivity contribution < 1.29 is 22.4 Å². The van der Waals surface area contributed by atoms with E-state index in [1.807, 2.05) is 25.5 Å². The highest BCUT2D eigenvalue weighted by atomic mass is 32.2. The molecule has 2 heterocycles. The minimum atomic E-state index is -3.69. The van der Waals surface area contributed by atoms with Gasteiger partial charge in [-0.2, -0.15) is 5.10 Å². The molecule has 4 rings (SSSR count). The van der Waals surface area contributed by atoms with Crippen molar-refractivity contribution in [2.45, 2.75) is 44.3 Å². The predicted octanol–water partition coefficient (Wildman–Crippen LogP) is 3.71. The number of hydrogen-bond donors (Lipinski definition) is 3. The molecule has 11 heteroatoms. The summed E-state index contributed by atoms with van der Waals surface area (Å²) >= 11 is 0. The van der Waals surface area contributed by atoms with Gasteiger partial charge in [0, 0.05) is 23.6 Å². The first kappa shape index (κ1) is 24.4. The fourth-order valence-corrected chi connectivity index (χ4v) is 5.06. The zero-order chi connectivity index (χ0) is 25.4. The van der Waals surface area contributed by atoms with Crippen LogP contribution in [0.1, 0.15) is 38.4 Å². The summed E-state index contributed by atoms with van der Waals surface area (Å²) in [6.45, 7) is 5.98. The Morgan fingerprint density at radius 3 is 2.49 bits per heavy atom. The van der Waals surface area contributed by atoms with Crippen LogP contribution in [0.25, 0.3) is 5.69 Å². The number of urea groups is 1. The topological polar surface area (TPSA) is 122 Å². The van der Waals surface area contributed by atoms with Gasteiger partial charge in [0.15, 0.2) is 0 Å². The average molecular weight is 500 g/mol. The van der Waals surface area contributed by atoms with Crippen molar-refractivity contribution in [3.63, 3.8) is 0 Å². The summed E-state index contributed by atoms with van der Waals surface area (Å²) in [7, 11) is -3.69. The zero-order valence-corrected chi connectivity index (χ0v) is 20.3. The van der Waals surface area contributed by atoms with Crippen LogP contribution >= 0.6 is 0 Å². The maximum absolute atomic E-state index is 13.2. The maximum atomic E-state index is 13.2.